The normalized spacial score (nSPS) is 12.1. The number of carbonyl (C=O) groups is 1. The van der Waals surface area contributed by atoms with Crippen LogP contribution in [0.4, 0.5) is 4.79 Å². The van der Waals surface area contributed by atoms with Gasteiger partial charge in [-0.25, -0.2) is 22.9 Å². The van der Waals surface area contributed by atoms with Gasteiger partial charge in [-0.1, -0.05) is 54.1 Å². The monoisotopic (exact) mass is 634 g/mol. The minimum atomic E-state index is -4.05. The molecule has 44 heavy (non-hydrogen) atoms. The predicted octanol–water partition coefficient (Wildman–Crippen LogP) is 7.22. The van der Waals surface area contributed by atoms with Crippen molar-refractivity contribution < 1.29 is 22.7 Å². The van der Waals surface area contributed by atoms with Crippen molar-refractivity contribution in [1.82, 2.24) is 15.0 Å². The number of aliphatic imine (C=N–C) groups is 1. The maximum absolute atomic E-state index is 13.1. The number of amides is 1. The van der Waals surface area contributed by atoms with Gasteiger partial charge in [0.05, 0.1) is 23.2 Å². The molecule has 0 aliphatic heterocycles. The average molecular weight is 635 g/mol. The third-order valence-corrected chi connectivity index (χ3v) is 7.53. The molecule has 0 radical (unpaired) electrons. The van der Waals surface area contributed by atoms with Gasteiger partial charge in [-0.15, -0.1) is 0 Å². The van der Waals surface area contributed by atoms with Crippen molar-refractivity contribution >= 4 is 33.7 Å². The van der Waals surface area contributed by atoms with Gasteiger partial charge in [-0.05, 0) is 88.2 Å². The van der Waals surface area contributed by atoms with E-state index in [9.17, 15) is 13.2 Å². The molecular formula is C33H35ClN4O5S. The van der Waals surface area contributed by atoms with Gasteiger partial charge >= 0.3 is 6.09 Å². The molecule has 0 aliphatic rings. The summed E-state index contributed by atoms with van der Waals surface area (Å²) < 4.78 is 39.6. The molecule has 1 aromatic heterocycles. The molecule has 0 saturated heterocycles. The number of sulfonamides is 1. The molecule has 2 N–H and O–H groups in total. The largest absolute Gasteiger partial charge is 0.491 e. The number of pyridine rings is 1. The van der Waals surface area contributed by atoms with E-state index in [2.05, 4.69) is 15.0 Å². The van der Waals surface area contributed by atoms with E-state index in [-0.39, 0.29) is 23.5 Å². The summed E-state index contributed by atoms with van der Waals surface area (Å²) in [5.74, 6) is 0.454. The number of guanidine groups is 1. The van der Waals surface area contributed by atoms with Crippen LogP contribution in [0.1, 0.15) is 40.2 Å². The molecule has 0 spiro atoms. The number of alkyl carbamates (subject to hydrolysis) is 1. The van der Waals surface area contributed by atoms with Crippen molar-refractivity contribution in [3.63, 3.8) is 0 Å². The van der Waals surface area contributed by atoms with Gasteiger partial charge in [0.15, 0.2) is 0 Å². The topological polar surface area (TPSA) is 119 Å². The van der Waals surface area contributed by atoms with Gasteiger partial charge in [-0.2, -0.15) is 0 Å². The molecule has 11 heteroatoms. The summed E-state index contributed by atoms with van der Waals surface area (Å²) in [4.78, 5) is 21.7. The number of hydrogen-bond acceptors (Lipinski definition) is 7. The Morgan fingerprint density at radius 2 is 1.59 bits per heavy atom. The Morgan fingerprint density at radius 3 is 2.20 bits per heavy atom. The van der Waals surface area contributed by atoms with Crippen LogP contribution in [0, 0.1) is 0 Å². The van der Waals surface area contributed by atoms with Crippen LogP contribution in [0.2, 0.25) is 5.02 Å². The first-order chi connectivity index (χ1) is 20.8. The zero-order valence-corrected chi connectivity index (χ0v) is 26.7. The number of benzene rings is 3. The first kappa shape index (κ1) is 32.5. The van der Waals surface area contributed by atoms with Crippen LogP contribution in [-0.2, 0) is 21.3 Å². The van der Waals surface area contributed by atoms with E-state index in [4.69, 9.17) is 26.1 Å². The summed E-state index contributed by atoms with van der Waals surface area (Å²) in [7, 11) is -4.05. The minimum Gasteiger partial charge on any atom is -0.491 e. The number of ether oxygens (including phenoxy) is 2. The quantitative estimate of drug-likeness (QED) is 0.156. The van der Waals surface area contributed by atoms with Gasteiger partial charge in [0, 0.05) is 22.3 Å². The van der Waals surface area contributed by atoms with E-state index in [1.165, 1.54) is 12.1 Å². The van der Waals surface area contributed by atoms with Crippen molar-refractivity contribution in [3.05, 3.63) is 102 Å². The second-order valence-electron chi connectivity index (χ2n) is 11.1. The minimum absolute atomic E-state index is 0.00210. The maximum atomic E-state index is 13.1. The number of aromatic nitrogens is 1. The molecule has 0 unspecified atom stereocenters. The predicted molar refractivity (Wildman–Crippen MR) is 173 cm³/mol. The van der Waals surface area contributed by atoms with Crippen molar-refractivity contribution in [2.75, 3.05) is 0 Å². The Hall–Kier alpha value is -4.41. The first-order valence-electron chi connectivity index (χ1n) is 13.9. The molecule has 4 rings (SSSR count). The lowest BCUT2D eigenvalue weighted by Crippen LogP contribution is -2.45. The highest BCUT2D eigenvalue weighted by atomic mass is 35.5. The Bertz CT molecular complexity index is 1720. The second kappa shape index (κ2) is 13.9. The lowest BCUT2D eigenvalue weighted by atomic mass is 9.98. The molecule has 1 heterocycles. The summed E-state index contributed by atoms with van der Waals surface area (Å²) in [6, 6.07) is 24.8. The number of nitrogens with one attached hydrogen (secondary N) is 2. The SMILES string of the molecule is CC(C)Oc1ccc(-c2cc(CN=C(NC(=O)OC(C)(C)C)NS(=O)(=O)c3ccccc3)cnc2-c2ccc(Cl)cc2)cc1. The molecule has 0 saturated carbocycles. The van der Waals surface area contributed by atoms with Gasteiger partial charge < -0.3 is 9.47 Å². The third kappa shape index (κ3) is 9.29. The second-order valence-corrected chi connectivity index (χ2v) is 13.3. The van der Waals surface area contributed by atoms with E-state index in [0.29, 0.717) is 10.6 Å². The van der Waals surface area contributed by atoms with Gasteiger partial charge in [0.1, 0.15) is 11.4 Å². The Morgan fingerprint density at radius 1 is 0.955 bits per heavy atom. The average Bonchev–Trinajstić information content (AvgIpc) is 2.96. The Balaban J connectivity index is 1.70. The fourth-order valence-corrected chi connectivity index (χ4v) is 5.22. The van der Waals surface area contributed by atoms with Crippen molar-refractivity contribution in [3.8, 4) is 28.1 Å². The summed E-state index contributed by atoms with van der Waals surface area (Å²) in [5.41, 5.74) is 3.17. The molecule has 0 fully saturated rings. The number of rotatable bonds is 8. The number of carbonyl (C=O) groups excluding carboxylic acids is 1. The third-order valence-electron chi connectivity index (χ3n) is 5.92. The molecule has 1 amide bonds. The first-order valence-corrected chi connectivity index (χ1v) is 15.8. The smallest absolute Gasteiger partial charge is 0.414 e. The van der Waals surface area contributed by atoms with Crippen LogP contribution in [0.15, 0.2) is 101 Å². The maximum Gasteiger partial charge on any atom is 0.414 e. The molecular weight excluding hydrogens is 600 g/mol. The Labute approximate surface area is 263 Å². The molecule has 0 atom stereocenters. The fraction of sp³-hybridized carbons (Fsp3) is 0.242. The molecule has 0 aliphatic carbocycles. The van der Waals surface area contributed by atoms with Crippen LogP contribution in [0.5, 0.6) is 5.75 Å². The molecule has 4 aromatic rings. The molecule has 9 nitrogen and oxygen atoms in total. The molecule has 230 valence electrons. The molecule has 0 bridgehead atoms. The van der Waals surface area contributed by atoms with Crippen LogP contribution in [0.25, 0.3) is 22.4 Å². The van der Waals surface area contributed by atoms with E-state index >= 15 is 0 Å². The van der Waals surface area contributed by atoms with Crippen molar-refractivity contribution in [2.24, 2.45) is 4.99 Å². The van der Waals surface area contributed by atoms with Gasteiger partial charge in [0.2, 0.25) is 5.96 Å². The zero-order chi connectivity index (χ0) is 31.9. The van der Waals surface area contributed by atoms with E-state index in [0.717, 1.165) is 28.1 Å². The van der Waals surface area contributed by atoms with Crippen LogP contribution in [0.3, 0.4) is 0 Å². The number of hydrogen-bond donors (Lipinski definition) is 2. The number of nitrogens with zero attached hydrogens (tertiary/aromatic N) is 2. The van der Waals surface area contributed by atoms with Gasteiger partial charge in [0.25, 0.3) is 10.0 Å². The summed E-state index contributed by atoms with van der Waals surface area (Å²) in [6.07, 6.45) is 0.841. The highest BCUT2D eigenvalue weighted by Gasteiger charge is 2.21. The summed E-state index contributed by atoms with van der Waals surface area (Å²) >= 11 is 6.13. The Kier molecular flexibility index (Phi) is 10.3. The van der Waals surface area contributed by atoms with E-state index in [1.807, 2.05) is 56.3 Å². The molecule has 3 aromatic carbocycles. The van der Waals surface area contributed by atoms with Gasteiger partial charge in [-0.3, -0.25) is 10.3 Å². The lowest BCUT2D eigenvalue weighted by molar-refractivity contribution is 0.0562. The summed E-state index contributed by atoms with van der Waals surface area (Å²) in [6.45, 7) is 9.04. The van der Waals surface area contributed by atoms with Crippen LogP contribution in [-0.4, -0.2) is 37.2 Å². The number of halogens is 1. The van der Waals surface area contributed by atoms with Crippen LogP contribution >= 0.6 is 11.6 Å². The summed E-state index contributed by atoms with van der Waals surface area (Å²) in [5, 5.41) is 3.04. The highest BCUT2D eigenvalue weighted by molar-refractivity contribution is 7.90. The van der Waals surface area contributed by atoms with Crippen molar-refractivity contribution in [2.45, 2.75) is 57.8 Å². The zero-order valence-electron chi connectivity index (χ0n) is 25.2. The standard InChI is InChI=1S/C33H35ClN4O5S/c1-22(2)42-27-17-13-24(14-18-27)29-19-23(20-35-30(29)25-11-15-26(34)16-12-25)21-36-31(37-32(39)43-33(3,4)5)38-44(40,41)28-9-7-6-8-10-28/h6-20,22H,21H2,1-5H3,(H2,36,37,38,39). The van der Waals surface area contributed by atoms with E-state index in [1.54, 1.807) is 57.3 Å². The highest BCUT2D eigenvalue weighted by Crippen LogP contribution is 2.33. The fourth-order valence-electron chi connectivity index (χ4n) is 4.09. The van der Waals surface area contributed by atoms with E-state index < -0.39 is 21.7 Å². The lowest BCUT2D eigenvalue weighted by Gasteiger charge is -2.20. The van der Waals surface area contributed by atoms with Crippen molar-refractivity contribution in [1.29, 1.82) is 0 Å². The van der Waals surface area contributed by atoms with Crippen LogP contribution < -0.4 is 14.8 Å².